The maximum atomic E-state index is 12.2. The maximum Gasteiger partial charge on any atom is 0.213 e. The number of hydrogen-bond donors (Lipinski definition) is 0. The molecule has 34 heavy (non-hydrogen) atoms. The molecule has 1 saturated heterocycles. The molecule has 12 heteroatoms. The monoisotopic (exact) mass is 501 g/mol. The second-order valence-corrected chi connectivity index (χ2v) is 17.8. The van der Waals surface area contributed by atoms with E-state index in [2.05, 4.69) is 35.7 Å². The van der Waals surface area contributed by atoms with Crippen molar-refractivity contribution in [3.8, 4) is 17.5 Å². The fourth-order valence-electron chi connectivity index (χ4n) is 4.04. The number of aromatic nitrogens is 5. The molecule has 3 aromatic rings. The van der Waals surface area contributed by atoms with Gasteiger partial charge in [0.2, 0.25) is 10.0 Å². The Morgan fingerprint density at radius 3 is 2.65 bits per heavy atom. The molecule has 0 unspecified atom stereocenters. The van der Waals surface area contributed by atoms with Gasteiger partial charge in [-0.05, 0) is 25.1 Å². The van der Waals surface area contributed by atoms with Gasteiger partial charge in [-0.2, -0.15) is 14.7 Å². The Hall–Kier alpha value is -2.59. The van der Waals surface area contributed by atoms with Gasteiger partial charge in [0.25, 0.3) is 0 Å². The highest BCUT2D eigenvalue weighted by atomic mass is 32.2. The Morgan fingerprint density at radius 2 is 1.97 bits per heavy atom. The number of rotatable bonds is 10. The molecule has 3 aromatic heterocycles. The summed E-state index contributed by atoms with van der Waals surface area (Å²) >= 11 is 0. The first-order valence-corrected chi connectivity index (χ1v) is 16.7. The van der Waals surface area contributed by atoms with Crippen molar-refractivity contribution in [1.29, 1.82) is 5.26 Å². The fourth-order valence-corrected chi connectivity index (χ4v) is 6.04. The topological polar surface area (TPSA) is 119 Å². The van der Waals surface area contributed by atoms with Crippen LogP contribution in [0.4, 0.5) is 0 Å². The van der Waals surface area contributed by atoms with E-state index < -0.39 is 23.6 Å². The Kier molecular flexibility index (Phi) is 6.65. The first-order chi connectivity index (χ1) is 16.1. The summed E-state index contributed by atoms with van der Waals surface area (Å²) < 4.78 is 35.4. The van der Waals surface area contributed by atoms with E-state index in [0.717, 1.165) is 23.7 Å². The molecular weight excluding hydrogens is 470 g/mol. The summed E-state index contributed by atoms with van der Waals surface area (Å²) in [5, 5.41) is 15.0. The molecular formula is C22H31N7O3SSi. The predicted molar refractivity (Wildman–Crippen MR) is 132 cm³/mol. The molecule has 0 aliphatic carbocycles. The van der Waals surface area contributed by atoms with E-state index in [1.807, 2.05) is 22.9 Å². The number of nitriles is 1. The molecule has 0 radical (unpaired) electrons. The maximum absolute atomic E-state index is 12.2. The first kappa shape index (κ1) is 24.5. The molecule has 10 nitrogen and oxygen atoms in total. The van der Waals surface area contributed by atoms with Crippen LogP contribution in [0.2, 0.25) is 25.7 Å². The number of ether oxygens (including phenoxy) is 1. The Bertz CT molecular complexity index is 1310. The van der Waals surface area contributed by atoms with Crippen LogP contribution in [-0.2, 0) is 27.0 Å². The van der Waals surface area contributed by atoms with Crippen molar-refractivity contribution in [2.45, 2.75) is 51.3 Å². The van der Waals surface area contributed by atoms with Crippen LogP contribution in [-0.4, -0.2) is 70.6 Å². The van der Waals surface area contributed by atoms with Gasteiger partial charge in [0.05, 0.1) is 18.2 Å². The number of sulfonamides is 1. The quantitative estimate of drug-likeness (QED) is 0.309. The van der Waals surface area contributed by atoms with Gasteiger partial charge in [-0.15, -0.1) is 0 Å². The zero-order valence-corrected chi connectivity index (χ0v) is 21.9. The third-order valence-electron chi connectivity index (χ3n) is 6.21. The molecule has 0 spiro atoms. The Labute approximate surface area is 201 Å². The van der Waals surface area contributed by atoms with Crippen molar-refractivity contribution < 1.29 is 13.2 Å². The van der Waals surface area contributed by atoms with Crippen molar-refractivity contribution in [2.24, 2.45) is 0 Å². The average Bonchev–Trinajstić information content (AvgIpc) is 3.40. The van der Waals surface area contributed by atoms with Gasteiger partial charge in [0.15, 0.2) is 0 Å². The lowest BCUT2D eigenvalue weighted by atomic mass is 9.89. The summed E-state index contributed by atoms with van der Waals surface area (Å²) in [7, 11) is -4.45. The normalized spacial score (nSPS) is 16.4. The van der Waals surface area contributed by atoms with Crippen molar-refractivity contribution in [2.75, 3.05) is 25.4 Å². The van der Waals surface area contributed by atoms with E-state index >= 15 is 0 Å². The Balaban J connectivity index is 1.55. The van der Waals surface area contributed by atoms with Crippen LogP contribution < -0.4 is 0 Å². The van der Waals surface area contributed by atoms with Gasteiger partial charge in [0, 0.05) is 45.6 Å². The van der Waals surface area contributed by atoms with Crippen LogP contribution in [0.3, 0.4) is 0 Å². The lowest BCUT2D eigenvalue weighted by Crippen LogP contribution is -2.64. The molecule has 0 aromatic carbocycles. The lowest BCUT2D eigenvalue weighted by molar-refractivity contribution is 0.0721. The lowest BCUT2D eigenvalue weighted by Gasteiger charge is -2.47. The van der Waals surface area contributed by atoms with Crippen molar-refractivity contribution in [3.05, 3.63) is 30.9 Å². The molecule has 0 saturated carbocycles. The van der Waals surface area contributed by atoms with Crippen molar-refractivity contribution in [1.82, 2.24) is 28.6 Å². The third kappa shape index (κ3) is 4.79. The molecule has 4 rings (SSSR count). The van der Waals surface area contributed by atoms with Gasteiger partial charge in [-0.1, -0.05) is 19.6 Å². The molecule has 1 aliphatic heterocycles. The molecule has 0 amide bonds. The van der Waals surface area contributed by atoms with E-state index in [1.165, 1.54) is 10.6 Å². The molecule has 0 atom stereocenters. The molecule has 1 fully saturated rings. The summed E-state index contributed by atoms with van der Waals surface area (Å²) in [5.41, 5.74) is 1.44. The minimum Gasteiger partial charge on any atom is -0.361 e. The van der Waals surface area contributed by atoms with Crippen LogP contribution in [0.1, 0.15) is 13.3 Å². The molecule has 1 aliphatic rings. The summed E-state index contributed by atoms with van der Waals surface area (Å²) in [6.45, 7) is 10.2. The highest BCUT2D eigenvalue weighted by molar-refractivity contribution is 7.89. The minimum atomic E-state index is -3.30. The van der Waals surface area contributed by atoms with Gasteiger partial charge in [-0.3, -0.25) is 4.68 Å². The molecule has 0 bridgehead atoms. The fraction of sp³-hybridized carbons (Fsp3) is 0.545. The van der Waals surface area contributed by atoms with Gasteiger partial charge >= 0.3 is 0 Å². The third-order valence-corrected chi connectivity index (χ3v) is 9.69. The summed E-state index contributed by atoms with van der Waals surface area (Å²) in [6.07, 6.45) is 5.42. The van der Waals surface area contributed by atoms with Crippen molar-refractivity contribution >= 4 is 29.1 Å². The second-order valence-electron chi connectivity index (χ2n) is 9.97. The van der Waals surface area contributed by atoms with E-state index in [4.69, 9.17) is 9.84 Å². The number of fused-ring (bicyclic) bond motifs is 1. The zero-order valence-electron chi connectivity index (χ0n) is 20.1. The average molecular weight is 502 g/mol. The van der Waals surface area contributed by atoms with Crippen LogP contribution in [0.5, 0.6) is 0 Å². The van der Waals surface area contributed by atoms with Gasteiger partial charge < -0.3 is 9.30 Å². The van der Waals surface area contributed by atoms with Gasteiger partial charge in [0.1, 0.15) is 35.6 Å². The van der Waals surface area contributed by atoms with Crippen LogP contribution in [0, 0.1) is 11.3 Å². The standard InChI is InChI=1S/C22H31N7O3SSi/c1-5-33(30,31)28-14-22(15-28,8-9-23)29-11-7-19(26-29)20-18-6-10-27(21(18)25-16-24-20)17-32-12-13-34(2,3)4/h6-7,10-11,16H,5,8,12-15,17H2,1-4H3. The Morgan fingerprint density at radius 1 is 1.21 bits per heavy atom. The van der Waals surface area contributed by atoms with E-state index in [1.54, 1.807) is 17.8 Å². The van der Waals surface area contributed by atoms with E-state index in [-0.39, 0.29) is 25.3 Å². The predicted octanol–water partition coefficient (Wildman–Crippen LogP) is 2.88. The number of nitrogens with zero attached hydrogens (tertiary/aromatic N) is 7. The first-order valence-electron chi connectivity index (χ1n) is 11.4. The zero-order chi connectivity index (χ0) is 24.6. The smallest absolute Gasteiger partial charge is 0.213 e. The van der Waals surface area contributed by atoms with E-state index in [9.17, 15) is 13.7 Å². The summed E-state index contributed by atoms with van der Waals surface area (Å²) in [5.74, 6) is 0.0394. The summed E-state index contributed by atoms with van der Waals surface area (Å²) in [4.78, 5) is 8.91. The second kappa shape index (κ2) is 9.22. The van der Waals surface area contributed by atoms with Gasteiger partial charge in [-0.25, -0.2) is 18.4 Å². The summed E-state index contributed by atoms with van der Waals surface area (Å²) in [6, 6.07) is 7.10. The SMILES string of the molecule is CCS(=O)(=O)N1CC(CC#N)(n2ccc(-c3ncnc4c3ccn4COCC[Si](C)(C)C)n2)C1. The highest BCUT2D eigenvalue weighted by Gasteiger charge is 2.49. The van der Waals surface area contributed by atoms with E-state index in [0.29, 0.717) is 18.1 Å². The van der Waals surface area contributed by atoms with Crippen LogP contribution >= 0.6 is 0 Å². The van der Waals surface area contributed by atoms with Crippen LogP contribution in [0.25, 0.3) is 22.4 Å². The molecule has 4 heterocycles. The molecule has 182 valence electrons. The van der Waals surface area contributed by atoms with Crippen LogP contribution in [0.15, 0.2) is 30.9 Å². The molecule has 0 N–H and O–H groups in total. The number of hydrogen-bond acceptors (Lipinski definition) is 7. The largest absolute Gasteiger partial charge is 0.361 e. The van der Waals surface area contributed by atoms with Crippen molar-refractivity contribution in [3.63, 3.8) is 0 Å². The minimum absolute atomic E-state index is 0.0394. The highest BCUT2D eigenvalue weighted by Crippen LogP contribution is 2.35.